The molecular formula is C32H26N4O6S2. The van der Waals surface area contributed by atoms with Crippen molar-refractivity contribution in [3.8, 4) is 27.8 Å². The summed E-state index contributed by atoms with van der Waals surface area (Å²) in [6.45, 7) is 3.00. The molecule has 0 fully saturated rings. The topological polar surface area (TPSA) is 114 Å². The second kappa shape index (κ2) is 11.9. The lowest BCUT2D eigenvalue weighted by molar-refractivity contribution is -0.136. The summed E-state index contributed by atoms with van der Waals surface area (Å²) in [5.41, 5.74) is 3.24. The van der Waals surface area contributed by atoms with Crippen molar-refractivity contribution in [1.29, 1.82) is 0 Å². The number of rotatable bonds is 7. The number of ether oxygens (including phenoxy) is 3. The fourth-order valence-electron chi connectivity index (χ4n) is 5.05. The van der Waals surface area contributed by atoms with E-state index in [9.17, 15) is 14.4 Å². The first-order chi connectivity index (χ1) is 21.3. The number of allylic oxidation sites excluding steroid dienone is 1. The highest BCUT2D eigenvalue weighted by Gasteiger charge is 2.34. The molecule has 12 heteroatoms. The van der Waals surface area contributed by atoms with E-state index in [4.69, 9.17) is 19.3 Å². The average Bonchev–Trinajstić information content (AvgIpc) is 3.76. The Morgan fingerprint density at radius 2 is 1.82 bits per heavy atom. The lowest BCUT2D eigenvalue weighted by Crippen LogP contribution is -2.39. The van der Waals surface area contributed by atoms with Crippen LogP contribution in [0.3, 0.4) is 0 Å². The number of carbonyl (C=O) groups excluding carboxylic acids is 2. The van der Waals surface area contributed by atoms with Crippen molar-refractivity contribution < 1.29 is 23.8 Å². The van der Waals surface area contributed by atoms with Crippen LogP contribution in [-0.2, 0) is 14.3 Å². The second-order valence-electron chi connectivity index (χ2n) is 9.77. The van der Waals surface area contributed by atoms with Gasteiger partial charge in [-0.15, -0.1) is 11.3 Å². The van der Waals surface area contributed by atoms with E-state index in [0.29, 0.717) is 20.6 Å². The minimum Gasteiger partial charge on any atom is -0.493 e. The summed E-state index contributed by atoms with van der Waals surface area (Å²) >= 11 is 2.78. The van der Waals surface area contributed by atoms with Crippen molar-refractivity contribution in [3.63, 3.8) is 0 Å². The van der Waals surface area contributed by atoms with Gasteiger partial charge in [0.2, 0.25) is 0 Å². The zero-order chi connectivity index (χ0) is 31.0. The predicted molar refractivity (Wildman–Crippen MR) is 167 cm³/mol. The molecule has 0 aliphatic carbocycles. The Labute approximate surface area is 259 Å². The Balaban J connectivity index is 1.55. The van der Waals surface area contributed by atoms with Crippen LogP contribution in [0.5, 0.6) is 11.5 Å². The van der Waals surface area contributed by atoms with E-state index < -0.39 is 18.0 Å². The standard InChI is InChI=1S/C32H26N4O6S2/c1-18-27(31(39)41-4)29(20-12-13-23(42-19(2)37)24(15-20)40-3)36-30(38)26(44-32(36)33-18)16-21-17-35(22-9-6-5-7-10-22)34-28(21)25-11-8-14-43-25/h5-17,29H,1-4H3/b26-16+/t29-/m1/s1. The third-order valence-electron chi connectivity index (χ3n) is 6.99. The molecule has 0 N–H and O–H groups in total. The fraction of sp³-hybridized carbons (Fsp3) is 0.156. The van der Waals surface area contributed by atoms with Gasteiger partial charge in [-0.3, -0.25) is 14.2 Å². The molecule has 3 aromatic heterocycles. The van der Waals surface area contributed by atoms with Gasteiger partial charge < -0.3 is 14.2 Å². The SMILES string of the molecule is COC(=O)C1=C(C)N=c2s/c(=C/c3cn(-c4ccccc4)nc3-c3cccs3)c(=O)n2[C@@H]1c1ccc(OC(C)=O)c(OC)c1. The van der Waals surface area contributed by atoms with Crippen LogP contribution >= 0.6 is 22.7 Å². The molecule has 6 rings (SSSR count). The lowest BCUT2D eigenvalue weighted by Gasteiger charge is -2.25. The predicted octanol–water partition coefficient (Wildman–Crippen LogP) is 4.26. The van der Waals surface area contributed by atoms with Crippen LogP contribution in [0, 0.1) is 0 Å². The van der Waals surface area contributed by atoms with Crippen molar-refractivity contribution in [2.45, 2.75) is 19.9 Å². The molecule has 44 heavy (non-hydrogen) atoms. The van der Waals surface area contributed by atoms with E-state index in [1.165, 1.54) is 37.0 Å². The highest BCUT2D eigenvalue weighted by atomic mass is 32.1. The van der Waals surface area contributed by atoms with Crippen molar-refractivity contribution in [1.82, 2.24) is 14.3 Å². The van der Waals surface area contributed by atoms with Crippen LogP contribution in [0.4, 0.5) is 0 Å². The van der Waals surface area contributed by atoms with Gasteiger partial charge in [-0.25, -0.2) is 14.5 Å². The number of thiazole rings is 1. The second-order valence-corrected chi connectivity index (χ2v) is 11.7. The van der Waals surface area contributed by atoms with E-state index in [1.54, 1.807) is 41.1 Å². The van der Waals surface area contributed by atoms with Gasteiger partial charge >= 0.3 is 11.9 Å². The summed E-state index contributed by atoms with van der Waals surface area (Å²) < 4.78 is 19.6. The van der Waals surface area contributed by atoms with Crippen molar-refractivity contribution in [2.75, 3.05) is 14.2 Å². The van der Waals surface area contributed by atoms with Crippen LogP contribution in [0.15, 0.2) is 93.3 Å². The zero-order valence-corrected chi connectivity index (χ0v) is 25.8. The normalized spacial score (nSPS) is 14.6. The van der Waals surface area contributed by atoms with E-state index in [1.807, 2.05) is 60.1 Å². The van der Waals surface area contributed by atoms with Gasteiger partial charge in [-0.2, -0.15) is 5.10 Å². The Bertz CT molecular complexity index is 2110. The minimum absolute atomic E-state index is 0.213. The number of thiophene rings is 1. The molecule has 0 saturated heterocycles. The highest BCUT2D eigenvalue weighted by Crippen LogP contribution is 2.36. The van der Waals surface area contributed by atoms with Crippen LogP contribution in [0.1, 0.15) is 31.0 Å². The Kier molecular flexibility index (Phi) is 7.85. The quantitative estimate of drug-likeness (QED) is 0.196. The first kappa shape index (κ1) is 29.0. The van der Waals surface area contributed by atoms with E-state index in [-0.39, 0.29) is 22.6 Å². The van der Waals surface area contributed by atoms with Gasteiger partial charge in [-0.1, -0.05) is 41.7 Å². The summed E-state index contributed by atoms with van der Waals surface area (Å²) in [7, 11) is 2.73. The van der Waals surface area contributed by atoms with Crippen molar-refractivity contribution >= 4 is 40.7 Å². The third kappa shape index (κ3) is 5.29. The van der Waals surface area contributed by atoms with E-state index in [0.717, 1.165) is 21.8 Å². The molecule has 1 aliphatic heterocycles. The molecule has 222 valence electrons. The molecule has 0 unspecified atom stereocenters. The summed E-state index contributed by atoms with van der Waals surface area (Å²) in [5.74, 6) is -0.633. The lowest BCUT2D eigenvalue weighted by atomic mass is 9.95. The Hall–Kier alpha value is -5.07. The maximum atomic E-state index is 14.2. The molecule has 0 amide bonds. The fourth-order valence-corrected chi connectivity index (χ4v) is 6.82. The molecule has 1 aliphatic rings. The molecule has 2 aromatic carbocycles. The first-order valence-corrected chi connectivity index (χ1v) is 15.1. The number of fused-ring (bicyclic) bond motifs is 1. The number of aromatic nitrogens is 3. The molecule has 4 heterocycles. The third-order valence-corrected chi connectivity index (χ3v) is 8.85. The van der Waals surface area contributed by atoms with Crippen molar-refractivity contribution in [3.05, 3.63) is 114 Å². The first-order valence-electron chi connectivity index (χ1n) is 13.4. The largest absolute Gasteiger partial charge is 0.493 e. The van der Waals surface area contributed by atoms with Crippen LogP contribution < -0.4 is 24.4 Å². The summed E-state index contributed by atoms with van der Waals surface area (Å²) in [6.07, 6.45) is 3.70. The monoisotopic (exact) mass is 626 g/mol. The van der Waals surface area contributed by atoms with Crippen LogP contribution in [0.2, 0.25) is 0 Å². The zero-order valence-electron chi connectivity index (χ0n) is 24.1. The van der Waals surface area contributed by atoms with E-state index in [2.05, 4.69) is 4.99 Å². The number of carbonyl (C=O) groups is 2. The van der Waals surface area contributed by atoms with Crippen LogP contribution in [-0.4, -0.2) is 40.5 Å². The molecule has 5 aromatic rings. The van der Waals surface area contributed by atoms with E-state index >= 15 is 0 Å². The summed E-state index contributed by atoms with van der Waals surface area (Å²) in [5, 5.41) is 6.83. The molecule has 0 bridgehead atoms. The average molecular weight is 627 g/mol. The maximum absolute atomic E-state index is 14.2. The number of para-hydroxylation sites is 1. The van der Waals surface area contributed by atoms with Gasteiger partial charge in [0.05, 0.1) is 46.6 Å². The number of hydrogen-bond acceptors (Lipinski definition) is 10. The molecular weight excluding hydrogens is 601 g/mol. The molecule has 0 saturated carbocycles. The Morgan fingerprint density at radius 3 is 2.50 bits per heavy atom. The number of esters is 2. The molecule has 1 atom stereocenters. The number of benzene rings is 2. The summed E-state index contributed by atoms with van der Waals surface area (Å²) in [6, 6.07) is 17.7. The van der Waals surface area contributed by atoms with Gasteiger partial charge in [-0.05, 0) is 54.3 Å². The van der Waals surface area contributed by atoms with Gasteiger partial charge in [0.1, 0.15) is 5.69 Å². The minimum atomic E-state index is -0.870. The number of nitrogens with zero attached hydrogens (tertiary/aromatic N) is 4. The molecule has 0 spiro atoms. The smallest absolute Gasteiger partial charge is 0.338 e. The Morgan fingerprint density at radius 1 is 1.02 bits per heavy atom. The number of methoxy groups -OCH3 is 2. The maximum Gasteiger partial charge on any atom is 0.338 e. The van der Waals surface area contributed by atoms with Crippen molar-refractivity contribution in [2.24, 2.45) is 4.99 Å². The van der Waals surface area contributed by atoms with Crippen LogP contribution in [0.25, 0.3) is 22.3 Å². The van der Waals surface area contributed by atoms with Gasteiger partial charge in [0, 0.05) is 18.7 Å². The molecule has 0 radical (unpaired) electrons. The van der Waals surface area contributed by atoms with Gasteiger partial charge in [0.25, 0.3) is 5.56 Å². The van der Waals surface area contributed by atoms with Gasteiger partial charge in [0.15, 0.2) is 16.3 Å². The number of hydrogen-bond donors (Lipinski definition) is 0. The molecule has 10 nitrogen and oxygen atoms in total. The highest BCUT2D eigenvalue weighted by molar-refractivity contribution is 7.13. The summed E-state index contributed by atoms with van der Waals surface area (Å²) in [4.78, 5) is 44.9.